The number of carbonyl (C=O) groups is 2. The molecule has 0 saturated carbocycles. The summed E-state index contributed by atoms with van der Waals surface area (Å²) in [6.45, 7) is 6.04. The van der Waals surface area contributed by atoms with Crippen molar-refractivity contribution in [1.82, 2.24) is 24.9 Å². The fraction of sp³-hybridized carbons (Fsp3) is 0.429. The minimum Gasteiger partial charge on any atom is -0.480 e. The molecule has 2 heterocycles. The highest BCUT2D eigenvalue weighted by Gasteiger charge is 2.14. The molecule has 118 valence electrons. The van der Waals surface area contributed by atoms with Crippen LogP contribution in [0.1, 0.15) is 28.8 Å². The SMILES string of the molecule is Cc1cc(C)n(CC(C)NC(=O)c2ccn(CC(=O)O)n2)n1. The summed E-state index contributed by atoms with van der Waals surface area (Å²) in [5, 5.41) is 19.8. The minimum atomic E-state index is -1.01. The van der Waals surface area contributed by atoms with E-state index in [1.165, 1.54) is 16.9 Å². The molecule has 0 aliphatic heterocycles. The third kappa shape index (κ3) is 3.94. The first-order valence-electron chi connectivity index (χ1n) is 6.92. The number of aryl methyl sites for hydroxylation is 2. The molecule has 2 rings (SSSR count). The Labute approximate surface area is 127 Å². The number of carboxylic acid groups (broad SMARTS) is 1. The molecule has 0 aliphatic rings. The van der Waals surface area contributed by atoms with Crippen LogP contribution >= 0.6 is 0 Å². The van der Waals surface area contributed by atoms with Gasteiger partial charge in [0.1, 0.15) is 12.2 Å². The Balaban J connectivity index is 1.94. The maximum absolute atomic E-state index is 12.1. The highest BCUT2D eigenvalue weighted by atomic mass is 16.4. The van der Waals surface area contributed by atoms with Gasteiger partial charge < -0.3 is 10.4 Å². The van der Waals surface area contributed by atoms with E-state index < -0.39 is 5.97 Å². The third-order valence-corrected chi connectivity index (χ3v) is 3.10. The monoisotopic (exact) mass is 305 g/mol. The van der Waals surface area contributed by atoms with Crippen molar-refractivity contribution in [2.75, 3.05) is 0 Å². The molecule has 8 heteroatoms. The molecule has 2 aromatic heterocycles. The molecule has 1 atom stereocenters. The predicted molar refractivity (Wildman–Crippen MR) is 78.5 cm³/mol. The lowest BCUT2D eigenvalue weighted by Gasteiger charge is -2.14. The number of carboxylic acids is 1. The lowest BCUT2D eigenvalue weighted by molar-refractivity contribution is -0.137. The van der Waals surface area contributed by atoms with Gasteiger partial charge >= 0.3 is 5.97 Å². The molecule has 1 amide bonds. The number of nitrogens with one attached hydrogen (secondary N) is 1. The summed E-state index contributed by atoms with van der Waals surface area (Å²) < 4.78 is 3.05. The van der Waals surface area contributed by atoms with Crippen molar-refractivity contribution in [2.24, 2.45) is 0 Å². The van der Waals surface area contributed by atoms with Crippen molar-refractivity contribution in [3.63, 3.8) is 0 Å². The second-order valence-electron chi connectivity index (χ2n) is 5.28. The van der Waals surface area contributed by atoms with E-state index in [1.807, 2.05) is 31.5 Å². The highest BCUT2D eigenvalue weighted by molar-refractivity contribution is 5.92. The van der Waals surface area contributed by atoms with Gasteiger partial charge in [0, 0.05) is 17.9 Å². The van der Waals surface area contributed by atoms with Crippen LogP contribution in [0.5, 0.6) is 0 Å². The number of aromatic nitrogens is 4. The molecule has 0 aliphatic carbocycles. The van der Waals surface area contributed by atoms with Crippen molar-refractivity contribution in [3.05, 3.63) is 35.4 Å². The molecule has 1 unspecified atom stereocenters. The Kier molecular flexibility index (Phi) is 4.59. The van der Waals surface area contributed by atoms with E-state index in [0.29, 0.717) is 6.54 Å². The molecule has 2 N–H and O–H groups in total. The second kappa shape index (κ2) is 6.42. The fourth-order valence-corrected chi connectivity index (χ4v) is 2.17. The van der Waals surface area contributed by atoms with Gasteiger partial charge in [-0.1, -0.05) is 0 Å². The van der Waals surface area contributed by atoms with Crippen molar-refractivity contribution in [2.45, 2.75) is 39.9 Å². The summed E-state index contributed by atoms with van der Waals surface area (Å²) in [4.78, 5) is 22.7. The maximum Gasteiger partial charge on any atom is 0.325 e. The van der Waals surface area contributed by atoms with Crippen LogP contribution in [0.2, 0.25) is 0 Å². The zero-order valence-electron chi connectivity index (χ0n) is 12.8. The van der Waals surface area contributed by atoms with Crippen LogP contribution in [0.15, 0.2) is 18.3 Å². The Hall–Kier alpha value is -2.64. The molecule has 8 nitrogen and oxygen atoms in total. The average molecular weight is 305 g/mol. The summed E-state index contributed by atoms with van der Waals surface area (Å²) >= 11 is 0. The molecule has 0 bridgehead atoms. The van der Waals surface area contributed by atoms with Gasteiger partial charge in [0.15, 0.2) is 0 Å². The van der Waals surface area contributed by atoms with E-state index in [4.69, 9.17) is 5.11 Å². The van der Waals surface area contributed by atoms with Gasteiger partial charge in [-0.05, 0) is 32.9 Å². The Morgan fingerprint density at radius 3 is 2.68 bits per heavy atom. The average Bonchev–Trinajstić information content (AvgIpc) is 2.96. The second-order valence-corrected chi connectivity index (χ2v) is 5.28. The number of aliphatic carboxylic acids is 1. The smallest absolute Gasteiger partial charge is 0.325 e. The summed E-state index contributed by atoms with van der Waals surface area (Å²) in [6.07, 6.45) is 1.47. The van der Waals surface area contributed by atoms with Gasteiger partial charge in [-0.3, -0.25) is 19.0 Å². The Morgan fingerprint density at radius 1 is 1.36 bits per heavy atom. The third-order valence-electron chi connectivity index (χ3n) is 3.10. The van der Waals surface area contributed by atoms with Crippen LogP contribution in [0.25, 0.3) is 0 Å². The Bertz CT molecular complexity index is 688. The molecule has 0 spiro atoms. The molecular formula is C14H19N5O3. The number of hydrogen-bond acceptors (Lipinski definition) is 4. The number of hydrogen-bond donors (Lipinski definition) is 2. The highest BCUT2D eigenvalue weighted by Crippen LogP contribution is 2.04. The van der Waals surface area contributed by atoms with Gasteiger partial charge in [0.05, 0.1) is 12.2 Å². The normalized spacial score (nSPS) is 12.1. The molecule has 0 saturated heterocycles. The minimum absolute atomic E-state index is 0.130. The van der Waals surface area contributed by atoms with Crippen LogP contribution in [0, 0.1) is 13.8 Å². The fourth-order valence-electron chi connectivity index (χ4n) is 2.17. The summed E-state index contributed by atoms with van der Waals surface area (Å²) in [5.41, 5.74) is 2.16. The van der Waals surface area contributed by atoms with Crippen LogP contribution < -0.4 is 5.32 Å². The standard InChI is InChI=1S/C14H19N5O3/c1-9-6-11(3)19(16-9)7-10(2)15-14(22)12-4-5-18(17-12)8-13(20)21/h4-6,10H,7-8H2,1-3H3,(H,15,22)(H,20,21). The topological polar surface area (TPSA) is 102 Å². The van der Waals surface area contributed by atoms with Crippen LogP contribution in [-0.2, 0) is 17.9 Å². The number of amides is 1. The van der Waals surface area contributed by atoms with Crippen LogP contribution in [0.3, 0.4) is 0 Å². The molecular weight excluding hydrogens is 286 g/mol. The van der Waals surface area contributed by atoms with E-state index in [2.05, 4.69) is 15.5 Å². The summed E-state index contributed by atoms with van der Waals surface area (Å²) in [5.74, 6) is -1.34. The summed E-state index contributed by atoms with van der Waals surface area (Å²) in [7, 11) is 0. The van der Waals surface area contributed by atoms with Gasteiger partial charge in [-0.15, -0.1) is 0 Å². The number of carbonyl (C=O) groups excluding carboxylic acids is 1. The van der Waals surface area contributed by atoms with Gasteiger partial charge in [0.2, 0.25) is 0 Å². The molecule has 0 fully saturated rings. The molecule has 22 heavy (non-hydrogen) atoms. The lowest BCUT2D eigenvalue weighted by atomic mass is 10.3. The quantitative estimate of drug-likeness (QED) is 0.813. The van der Waals surface area contributed by atoms with Crippen molar-refractivity contribution < 1.29 is 14.7 Å². The van der Waals surface area contributed by atoms with E-state index >= 15 is 0 Å². The largest absolute Gasteiger partial charge is 0.480 e. The van der Waals surface area contributed by atoms with E-state index in [9.17, 15) is 9.59 Å². The van der Waals surface area contributed by atoms with Crippen molar-refractivity contribution in [3.8, 4) is 0 Å². The molecule has 2 aromatic rings. The number of rotatable bonds is 6. The predicted octanol–water partition coefficient (Wildman–Crippen LogP) is 0.600. The lowest BCUT2D eigenvalue weighted by Crippen LogP contribution is -2.36. The van der Waals surface area contributed by atoms with Gasteiger partial charge in [0.25, 0.3) is 5.91 Å². The van der Waals surface area contributed by atoms with Crippen molar-refractivity contribution >= 4 is 11.9 Å². The van der Waals surface area contributed by atoms with Crippen LogP contribution in [-0.4, -0.2) is 42.6 Å². The van der Waals surface area contributed by atoms with E-state index in [1.54, 1.807) is 0 Å². The molecule has 0 aromatic carbocycles. The first-order chi connectivity index (χ1) is 10.3. The zero-order chi connectivity index (χ0) is 16.3. The zero-order valence-corrected chi connectivity index (χ0v) is 12.8. The number of nitrogens with zero attached hydrogens (tertiary/aromatic N) is 4. The summed E-state index contributed by atoms with van der Waals surface area (Å²) in [6, 6.07) is 3.34. The van der Waals surface area contributed by atoms with Crippen LogP contribution in [0.4, 0.5) is 0 Å². The van der Waals surface area contributed by atoms with E-state index in [0.717, 1.165) is 11.4 Å². The maximum atomic E-state index is 12.1. The molecule has 0 radical (unpaired) electrons. The van der Waals surface area contributed by atoms with E-state index in [-0.39, 0.29) is 24.2 Å². The van der Waals surface area contributed by atoms with Crippen molar-refractivity contribution in [1.29, 1.82) is 0 Å². The Morgan fingerprint density at radius 2 is 2.09 bits per heavy atom. The van der Waals surface area contributed by atoms with Gasteiger partial charge in [-0.25, -0.2) is 0 Å². The first-order valence-corrected chi connectivity index (χ1v) is 6.92. The van der Waals surface area contributed by atoms with Gasteiger partial charge in [-0.2, -0.15) is 10.2 Å². The first kappa shape index (κ1) is 15.7.